The van der Waals surface area contributed by atoms with E-state index in [2.05, 4.69) is 16.2 Å². The van der Waals surface area contributed by atoms with E-state index in [0.717, 1.165) is 5.56 Å². The first-order chi connectivity index (χ1) is 12.5. The summed E-state index contributed by atoms with van der Waals surface area (Å²) in [5, 5.41) is 3.72. The maximum absolute atomic E-state index is 11.9. The van der Waals surface area contributed by atoms with Crippen molar-refractivity contribution in [2.75, 3.05) is 19.5 Å². The van der Waals surface area contributed by atoms with Crippen molar-refractivity contribution >= 4 is 46.6 Å². The van der Waals surface area contributed by atoms with Crippen LogP contribution in [0.4, 0.5) is 5.69 Å². The molecule has 2 aromatic carbocycles. The highest BCUT2D eigenvalue weighted by Gasteiger charge is 2.04. The van der Waals surface area contributed by atoms with E-state index in [1.807, 2.05) is 0 Å². The summed E-state index contributed by atoms with van der Waals surface area (Å²) in [6.45, 7) is 0. The lowest BCUT2D eigenvalue weighted by atomic mass is 10.1. The highest BCUT2D eigenvalue weighted by Crippen LogP contribution is 2.25. The van der Waals surface area contributed by atoms with Crippen molar-refractivity contribution in [2.45, 2.75) is 0 Å². The van der Waals surface area contributed by atoms with Crippen LogP contribution in [0.5, 0.6) is 11.5 Å². The average molecular weight is 392 g/mol. The molecule has 0 aromatic heterocycles. The zero-order valence-corrected chi connectivity index (χ0v) is 15.8. The standard InChI is InChI=1S/C18H18ClN3O3S/c1-24-15-8-6-12(16(11-15)25-2)7-9-17(23)21-22-18(26)20-14-5-3-4-13(19)10-14/h3-11H,1-2H3,(H,21,23)(H2,20,22,26)/b9-7+. The molecule has 26 heavy (non-hydrogen) atoms. The van der Waals surface area contributed by atoms with Gasteiger partial charge in [-0.15, -0.1) is 0 Å². The Kier molecular flexibility index (Phi) is 7.25. The van der Waals surface area contributed by atoms with Crippen LogP contribution >= 0.6 is 23.8 Å². The number of nitrogens with one attached hydrogen (secondary N) is 3. The molecule has 0 fully saturated rings. The van der Waals surface area contributed by atoms with Gasteiger partial charge < -0.3 is 14.8 Å². The lowest BCUT2D eigenvalue weighted by molar-refractivity contribution is -0.116. The van der Waals surface area contributed by atoms with Gasteiger partial charge in [0.25, 0.3) is 5.91 Å². The van der Waals surface area contributed by atoms with Gasteiger partial charge in [0.15, 0.2) is 5.11 Å². The van der Waals surface area contributed by atoms with E-state index < -0.39 is 0 Å². The molecule has 0 unspecified atom stereocenters. The van der Waals surface area contributed by atoms with Crippen LogP contribution < -0.4 is 25.6 Å². The number of amides is 1. The molecular formula is C18H18ClN3O3S. The number of carbonyl (C=O) groups excluding carboxylic acids is 1. The van der Waals surface area contributed by atoms with E-state index >= 15 is 0 Å². The van der Waals surface area contributed by atoms with Crippen LogP contribution in [0.3, 0.4) is 0 Å². The number of carbonyl (C=O) groups is 1. The van der Waals surface area contributed by atoms with Gasteiger partial charge in [-0.1, -0.05) is 17.7 Å². The molecule has 0 aliphatic rings. The van der Waals surface area contributed by atoms with Crippen molar-refractivity contribution < 1.29 is 14.3 Å². The predicted molar refractivity (Wildman–Crippen MR) is 108 cm³/mol. The maximum Gasteiger partial charge on any atom is 0.262 e. The van der Waals surface area contributed by atoms with Gasteiger partial charge >= 0.3 is 0 Å². The van der Waals surface area contributed by atoms with Crippen molar-refractivity contribution in [1.29, 1.82) is 0 Å². The molecule has 0 saturated heterocycles. The summed E-state index contributed by atoms with van der Waals surface area (Å²) in [6, 6.07) is 12.4. The Morgan fingerprint density at radius 1 is 1.12 bits per heavy atom. The van der Waals surface area contributed by atoms with Crippen LogP contribution in [0.15, 0.2) is 48.5 Å². The van der Waals surface area contributed by atoms with E-state index in [9.17, 15) is 4.79 Å². The summed E-state index contributed by atoms with van der Waals surface area (Å²) >= 11 is 11.0. The SMILES string of the molecule is COc1ccc(/C=C/C(=O)NNC(=S)Nc2cccc(Cl)c2)c(OC)c1. The van der Waals surface area contributed by atoms with Gasteiger partial charge in [-0.05, 0) is 48.6 Å². The number of methoxy groups -OCH3 is 2. The quantitative estimate of drug-likeness (QED) is 0.412. The summed E-state index contributed by atoms with van der Waals surface area (Å²) in [5.41, 5.74) is 6.53. The number of ether oxygens (including phenoxy) is 2. The van der Waals surface area contributed by atoms with Gasteiger partial charge in [0, 0.05) is 28.4 Å². The van der Waals surface area contributed by atoms with E-state index in [-0.39, 0.29) is 11.0 Å². The number of halogens is 1. The summed E-state index contributed by atoms with van der Waals surface area (Å²) in [7, 11) is 3.12. The number of hydrazine groups is 1. The number of thiocarbonyl (C=S) groups is 1. The van der Waals surface area contributed by atoms with Crippen LogP contribution in [-0.2, 0) is 4.79 Å². The van der Waals surface area contributed by atoms with Gasteiger partial charge in [-0.3, -0.25) is 15.6 Å². The molecule has 2 rings (SSSR count). The number of benzene rings is 2. The summed E-state index contributed by atoms with van der Waals surface area (Å²) < 4.78 is 10.4. The third kappa shape index (κ3) is 5.94. The normalized spacial score (nSPS) is 10.3. The maximum atomic E-state index is 11.9. The highest BCUT2D eigenvalue weighted by atomic mass is 35.5. The molecule has 0 atom stereocenters. The fourth-order valence-electron chi connectivity index (χ4n) is 2.01. The number of anilines is 1. The fraction of sp³-hybridized carbons (Fsp3) is 0.111. The Hall–Kier alpha value is -2.77. The first kappa shape index (κ1) is 19.6. The monoisotopic (exact) mass is 391 g/mol. The van der Waals surface area contributed by atoms with Gasteiger partial charge in [0.2, 0.25) is 0 Å². The largest absolute Gasteiger partial charge is 0.497 e. The lowest BCUT2D eigenvalue weighted by Crippen LogP contribution is -2.43. The van der Waals surface area contributed by atoms with E-state index in [4.69, 9.17) is 33.3 Å². The molecule has 0 aliphatic heterocycles. The second-order valence-corrected chi connectivity index (χ2v) is 5.86. The van der Waals surface area contributed by atoms with Crippen LogP contribution in [0.25, 0.3) is 6.08 Å². The number of rotatable bonds is 5. The molecule has 0 radical (unpaired) electrons. The Morgan fingerprint density at radius 3 is 2.62 bits per heavy atom. The summed E-state index contributed by atoms with van der Waals surface area (Å²) in [5.74, 6) is 0.889. The first-order valence-electron chi connectivity index (χ1n) is 7.54. The molecule has 8 heteroatoms. The van der Waals surface area contributed by atoms with Crippen molar-refractivity contribution in [1.82, 2.24) is 10.9 Å². The summed E-state index contributed by atoms with van der Waals surface area (Å²) in [6.07, 6.45) is 2.99. The Labute approximate surface area is 162 Å². The van der Waals surface area contributed by atoms with Gasteiger partial charge in [0.05, 0.1) is 14.2 Å². The number of hydrogen-bond acceptors (Lipinski definition) is 4. The van der Waals surface area contributed by atoms with Crippen LogP contribution in [0, 0.1) is 0 Å². The van der Waals surface area contributed by atoms with Gasteiger partial charge in [-0.2, -0.15) is 0 Å². The minimum Gasteiger partial charge on any atom is -0.497 e. The van der Waals surface area contributed by atoms with Crippen LogP contribution in [0.1, 0.15) is 5.56 Å². The molecule has 0 heterocycles. The van der Waals surface area contributed by atoms with E-state index in [1.165, 1.54) is 6.08 Å². The molecule has 136 valence electrons. The number of hydrogen-bond donors (Lipinski definition) is 3. The molecule has 0 saturated carbocycles. The topological polar surface area (TPSA) is 71.6 Å². The van der Waals surface area contributed by atoms with Crippen LogP contribution in [-0.4, -0.2) is 25.2 Å². The third-order valence-electron chi connectivity index (χ3n) is 3.24. The molecule has 2 aromatic rings. The fourth-order valence-corrected chi connectivity index (χ4v) is 2.37. The minimum absolute atomic E-state index is 0.232. The van der Waals surface area contributed by atoms with Gasteiger partial charge in [0.1, 0.15) is 11.5 Å². The second-order valence-electron chi connectivity index (χ2n) is 5.02. The van der Waals surface area contributed by atoms with Gasteiger partial charge in [-0.25, -0.2) is 0 Å². The average Bonchev–Trinajstić information content (AvgIpc) is 2.64. The lowest BCUT2D eigenvalue weighted by Gasteiger charge is -2.11. The van der Waals surface area contributed by atoms with E-state index in [0.29, 0.717) is 22.2 Å². The highest BCUT2D eigenvalue weighted by molar-refractivity contribution is 7.80. The van der Waals surface area contributed by atoms with Crippen molar-refractivity contribution in [2.24, 2.45) is 0 Å². The Bertz CT molecular complexity index is 827. The Morgan fingerprint density at radius 2 is 1.92 bits per heavy atom. The molecule has 0 spiro atoms. The molecule has 0 aliphatic carbocycles. The van der Waals surface area contributed by atoms with Crippen molar-refractivity contribution in [3.05, 3.63) is 59.1 Å². The Balaban J connectivity index is 1.88. The second kappa shape index (κ2) is 9.65. The zero-order valence-electron chi connectivity index (χ0n) is 14.2. The van der Waals surface area contributed by atoms with Crippen molar-refractivity contribution in [3.8, 4) is 11.5 Å². The molecule has 1 amide bonds. The summed E-state index contributed by atoms with van der Waals surface area (Å²) in [4.78, 5) is 11.9. The zero-order chi connectivity index (χ0) is 18.9. The van der Waals surface area contributed by atoms with E-state index in [1.54, 1.807) is 62.8 Å². The molecule has 3 N–H and O–H groups in total. The molecule has 6 nitrogen and oxygen atoms in total. The smallest absolute Gasteiger partial charge is 0.262 e. The predicted octanol–water partition coefficient (Wildman–Crippen LogP) is 3.39. The molecular weight excluding hydrogens is 374 g/mol. The molecule has 0 bridgehead atoms. The first-order valence-corrected chi connectivity index (χ1v) is 8.33. The van der Waals surface area contributed by atoms with Crippen LogP contribution in [0.2, 0.25) is 5.02 Å². The van der Waals surface area contributed by atoms with Crippen molar-refractivity contribution in [3.63, 3.8) is 0 Å². The third-order valence-corrected chi connectivity index (χ3v) is 3.68. The minimum atomic E-state index is -0.377.